The number of benzene rings is 2. The van der Waals surface area contributed by atoms with Crippen molar-refractivity contribution in [2.45, 2.75) is 13.0 Å². The van der Waals surface area contributed by atoms with Gasteiger partial charge in [-0.2, -0.15) is 5.26 Å². The van der Waals surface area contributed by atoms with Gasteiger partial charge in [-0.25, -0.2) is 9.59 Å². The third-order valence-electron chi connectivity index (χ3n) is 4.48. The summed E-state index contributed by atoms with van der Waals surface area (Å²) in [5, 5.41) is 14.6. The van der Waals surface area contributed by atoms with Crippen molar-refractivity contribution in [3.05, 3.63) is 70.9 Å². The first-order valence-electron chi connectivity index (χ1n) is 9.31. The molecule has 3 rings (SSSR count). The van der Waals surface area contributed by atoms with Crippen molar-refractivity contribution < 1.29 is 23.8 Å². The molecule has 0 spiro atoms. The molecule has 0 aromatic heterocycles. The first-order valence-corrected chi connectivity index (χ1v) is 9.31. The van der Waals surface area contributed by atoms with Crippen molar-refractivity contribution in [3.63, 3.8) is 0 Å². The number of hydrogen-bond acceptors (Lipinski definition) is 6. The highest BCUT2D eigenvalue weighted by molar-refractivity contribution is 5.95. The van der Waals surface area contributed by atoms with E-state index >= 15 is 0 Å². The average Bonchev–Trinajstić information content (AvgIpc) is 2.77. The van der Waals surface area contributed by atoms with Crippen molar-refractivity contribution in [2.75, 3.05) is 20.3 Å². The van der Waals surface area contributed by atoms with E-state index in [2.05, 4.69) is 10.6 Å². The number of urea groups is 1. The van der Waals surface area contributed by atoms with Gasteiger partial charge in [0, 0.05) is 0 Å². The van der Waals surface area contributed by atoms with Gasteiger partial charge in [-0.15, -0.1) is 0 Å². The Morgan fingerprint density at radius 3 is 2.57 bits per heavy atom. The van der Waals surface area contributed by atoms with Gasteiger partial charge in [-0.05, 0) is 36.8 Å². The number of carbonyl (C=O) groups is 2. The molecule has 8 nitrogen and oxygen atoms in total. The van der Waals surface area contributed by atoms with Crippen molar-refractivity contribution in [3.8, 4) is 17.6 Å². The minimum Gasteiger partial charge on any atom is -0.497 e. The molecule has 2 N–H and O–H groups in total. The van der Waals surface area contributed by atoms with Gasteiger partial charge in [0.15, 0.2) is 0 Å². The molecule has 0 unspecified atom stereocenters. The number of hydrogen-bond donors (Lipinski definition) is 2. The summed E-state index contributed by atoms with van der Waals surface area (Å²) in [6, 6.07) is 14.6. The van der Waals surface area contributed by atoms with E-state index in [0.717, 1.165) is 0 Å². The first kappa shape index (κ1) is 20.7. The fraction of sp³-hybridized carbons (Fsp3) is 0.227. The lowest BCUT2D eigenvalue weighted by Crippen LogP contribution is -2.47. The number of para-hydroxylation sites is 1. The first-order chi connectivity index (χ1) is 14.6. The molecule has 0 aliphatic carbocycles. The van der Waals surface area contributed by atoms with Gasteiger partial charge in [0.25, 0.3) is 0 Å². The summed E-state index contributed by atoms with van der Waals surface area (Å²) < 4.78 is 16.1. The summed E-state index contributed by atoms with van der Waals surface area (Å²) in [6.45, 7) is 1.76. The average molecular weight is 407 g/mol. The lowest BCUT2D eigenvalue weighted by atomic mass is 9.95. The highest BCUT2D eigenvalue weighted by Gasteiger charge is 2.34. The Labute approximate surface area is 174 Å². The van der Waals surface area contributed by atoms with E-state index in [1.807, 2.05) is 6.07 Å². The van der Waals surface area contributed by atoms with E-state index < -0.39 is 18.0 Å². The van der Waals surface area contributed by atoms with Gasteiger partial charge in [-0.3, -0.25) is 0 Å². The number of nitrogens with zero attached hydrogens (tertiary/aromatic N) is 1. The van der Waals surface area contributed by atoms with Crippen LogP contribution in [0.3, 0.4) is 0 Å². The Balaban J connectivity index is 1.98. The van der Waals surface area contributed by atoms with Crippen LogP contribution in [0.5, 0.6) is 11.5 Å². The fourth-order valence-corrected chi connectivity index (χ4v) is 3.06. The maximum absolute atomic E-state index is 12.8. The third kappa shape index (κ3) is 4.52. The lowest BCUT2D eigenvalue weighted by molar-refractivity contribution is -0.139. The molecule has 30 heavy (non-hydrogen) atoms. The Bertz CT molecular complexity index is 1010. The Morgan fingerprint density at radius 1 is 1.17 bits per heavy atom. The number of nitriles is 1. The number of esters is 1. The summed E-state index contributed by atoms with van der Waals surface area (Å²) in [7, 11) is 1.56. The molecule has 8 heteroatoms. The molecule has 1 heterocycles. The van der Waals surface area contributed by atoms with E-state index in [0.29, 0.717) is 22.6 Å². The largest absolute Gasteiger partial charge is 0.497 e. The molecule has 2 aromatic carbocycles. The van der Waals surface area contributed by atoms with Gasteiger partial charge in [0.1, 0.15) is 24.2 Å². The number of carbonyl (C=O) groups excluding carboxylic acids is 2. The summed E-state index contributed by atoms with van der Waals surface area (Å²) in [6.07, 6.45) is 0. The highest BCUT2D eigenvalue weighted by Crippen LogP contribution is 2.29. The number of nitrogens with one attached hydrogen (secondary N) is 2. The summed E-state index contributed by atoms with van der Waals surface area (Å²) >= 11 is 0. The van der Waals surface area contributed by atoms with Crippen LogP contribution in [0.15, 0.2) is 59.8 Å². The van der Waals surface area contributed by atoms with E-state index in [-0.39, 0.29) is 24.5 Å². The van der Waals surface area contributed by atoms with Gasteiger partial charge in [-0.1, -0.05) is 24.3 Å². The second kappa shape index (κ2) is 9.47. The van der Waals surface area contributed by atoms with E-state index in [1.54, 1.807) is 62.6 Å². The maximum atomic E-state index is 12.8. The van der Waals surface area contributed by atoms with Gasteiger partial charge in [0.05, 0.1) is 36.6 Å². The van der Waals surface area contributed by atoms with Crippen LogP contribution in [0.2, 0.25) is 0 Å². The summed E-state index contributed by atoms with van der Waals surface area (Å²) in [5.74, 6) is 0.430. The molecule has 0 radical (unpaired) electrons. The normalized spacial score (nSPS) is 15.5. The Kier molecular flexibility index (Phi) is 6.55. The van der Waals surface area contributed by atoms with E-state index in [9.17, 15) is 14.9 Å². The zero-order valence-corrected chi connectivity index (χ0v) is 16.6. The molecular formula is C22H21N3O5. The van der Waals surface area contributed by atoms with Gasteiger partial charge in [0.2, 0.25) is 0 Å². The third-order valence-corrected chi connectivity index (χ3v) is 4.48. The summed E-state index contributed by atoms with van der Waals surface area (Å²) in [5.41, 5.74) is 1.54. The number of rotatable bonds is 7. The minimum absolute atomic E-state index is 0.118. The standard InChI is InChI=1S/C22H21N3O5/c1-3-29-21(26)19-17(13-30-18-7-5-4-6-15(18)12-23)24-22(27)25-20(19)14-8-10-16(28-2)11-9-14/h4-11,20H,3,13H2,1-2H3,(H2,24,25,27)/t20-/m0/s1. The molecule has 1 aliphatic heterocycles. The molecule has 2 amide bonds. The minimum atomic E-state index is -0.728. The molecular weight excluding hydrogens is 386 g/mol. The Hall–Kier alpha value is -3.99. The maximum Gasteiger partial charge on any atom is 0.338 e. The van der Waals surface area contributed by atoms with Crippen molar-refractivity contribution in [1.82, 2.24) is 10.6 Å². The molecule has 1 atom stereocenters. The monoisotopic (exact) mass is 407 g/mol. The van der Waals surface area contributed by atoms with Crippen LogP contribution in [0.4, 0.5) is 4.79 Å². The molecule has 0 bridgehead atoms. The topological polar surface area (TPSA) is 110 Å². The van der Waals surface area contributed by atoms with Crippen molar-refractivity contribution in [1.29, 1.82) is 5.26 Å². The van der Waals surface area contributed by atoms with Crippen molar-refractivity contribution >= 4 is 12.0 Å². The van der Waals surface area contributed by atoms with E-state index in [4.69, 9.17) is 14.2 Å². The summed E-state index contributed by atoms with van der Waals surface area (Å²) in [4.78, 5) is 25.1. The molecule has 0 fully saturated rings. The molecule has 1 aliphatic rings. The van der Waals surface area contributed by atoms with Crippen LogP contribution >= 0.6 is 0 Å². The second-order valence-corrected chi connectivity index (χ2v) is 6.31. The quantitative estimate of drug-likeness (QED) is 0.683. The number of ether oxygens (including phenoxy) is 3. The smallest absolute Gasteiger partial charge is 0.338 e. The number of methoxy groups -OCH3 is 1. The molecule has 154 valence electrons. The fourth-order valence-electron chi connectivity index (χ4n) is 3.06. The van der Waals surface area contributed by atoms with Crippen LogP contribution in [0.25, 0.3) is 0 Å². The predicted octanol–water partition coefficient (Wildman–Crippen LogP) is 2.82. The predicted molar refractivity (Wildman–Crippen MR) is 108 cm³/mol. The zero-order chi connectivity index (χ0) is 21.5. The van der Waals surface area contributed by atoms with Crippen LogP contribution in [-0.2, 0) is 9.53 Å². The molecule has 2 aromatic rings. The molecule has 0 saturated carbocycles. The van der Waals surface area contributed by atoms with Gasteiger partial charge < -0.3 is 24.8 Å². The van der Waals surface area contributed by atoms with Crippen LogP contribution in [0.1, 0.15) is 24.1 Å². The van der Waals surface area contributed by atoms with Crippen LogP contribution in [-0.4, -0.2) is 32.3 Å². The number of amides is 2. The van der Waals surface area contributed by atoms with Crippen LogP contribution in [0, 0.1) is 11.3 Å². The van der Waals surface area contributed by atoms with Gasteiger partial charge >= 0.3 is 12.0 Å². The van der Waals surface area contributed by atoms with Crippen LogP contribution < -0.4 is 20.1 Å². The lowest BCUT2D eigenvalue weighted by Gasteiger charge is -2.29. The second-order valence-electron chi connectivity index (χ2n) is 6.31. The van der Waals surface area contributed by atoms with Crippen molar-refractivity contribution in [2.24, 2.45) is 0 Å². The van der Waals surface area contributed by atoms with E-state index in [1.165, 1.54) is 0 Å². The zero-order valence-electron chi connectivity index (χ0n) is 16.6. The highest BCUT2D eigenvalue weighted by atomic mass is 16.5. The Morgan fingerprint density at radius 2 is 1.90 bits per heavy atom. The SMILES string of the molecule is CCOC(=O)C1=C(COc2ccccc2C#N)NC(=O)N[C@H]1c1ccc(OC)cc1. The molecule has 0 saturated heterocycles.